The van der Waals surface area contributed by atoms with E-state index in [1.165, 1.54) is 0 Å². The molecule has 2 aromatic rings. The molecule has 0 bridgehead atoms. The highest BCUT2D eigenvalue weighted by atomic mass is 19.4. The van der Waals surface area contributed by atoms with Crippen LogP contribution in [0.1, 0.15) is 37.3 Å². The second-order valence-corrected chi connectivity index (χ2v) is 6.53. The number of nitrogens with zero attached hydrogens (tertiary/aromatic N) is 2. The number of halogens is 3. The van der Waals surface area contributed by atoms with Crippen molar-refractivity contribution in [2.24, 2.45) is 0 Å². The Morgan fingerprint density at radius 2 is 2.00 bits per heavy atom. The van der Waals surface area contributed by atoms with Gasteiger partial charge in [-0.2, -0.15) is 18.3 Å². The molecule has 0 atom stereocenters. The minimum atomic E-state index is -4.48. The lowest BCUT2D eigenvalue weighted by Crippen LogP contribution is -2.19. The molecule has 8 heteroatoms. The molecule has 0 unspecified atom stereocenters. The van der Waals surface area contributed by atoms with Gasteiger partial charge in [0.2, 0.25) is 0 Å². The third kappa shape index (κ3) is 6.25. The minimum absolute atomic E-state index is 0.0827. The van der Waals surface area contributed by atoms with Crippen molar-refractivity contribution in [2.45, 2.75) is 38.9 Å². The number of nitrogens with one attached hydrogen (secondary N) is 1. The largest absolute Gasteiger partial charge is 0.493 e. The van der Waals surface area contributed by atoms with Crippen LogP contribution >= 0.6 is 0 Å². The van der Waals surface area contributed by atoms with Crippen molar-refractivity contribution in [2.75, 3.05) is 26.8 Å². The topological polar surface area (TPSA) is 61.4 Å². The highest BCUT2D eigenvalue weighted by Gasteiger charge is 2.32. The van der Waals surface area contributed by atoms with Crippen LogP contribution < -0.4 is 4.74 Å². The zero-order chi connectivity index (χ0) is 19.9. The van der Waals surface area contributed by atoms with E-state index in [0.29, 0.717) is 24.2 Å². The molecule has 0 aliphatic rings. The maximum Gasteiger partial charge on any atom is 0.416 e. The van der Waals surface area contributed by atoms with E-state index < -0.39 is 11.7 Å². The summed E-state index contributed by atoms with van der Waals surface area (Å²) < 4.78 is 45.3. The Morgan fingerprint density at radius 3 is 2.67 bits per heavy atom. The summed E-state index contributed by atoms with van der Waals surface area (Å²) in [4.78, 5) is 2.12. The van der Waals surface area contributed by atoms with Crippen LogP contribution in [0.5, 0.6) is 5.75 Å². The quantitative estimate of drug-likeness (QED) is 0.605. The van der Waals surface area contributed by atoms with Gasteiger partial charge in [-0.3, -0.25) is 5.10 Å². The Labute approximate surface area is 157 Å². The number of benzene rings is 1. The lowest BCUT2D eigenvalue weighted by Gasteiger charge is -2.17. The summed E-state index contributed by atoms with van der Waals surface area (Å²) in [5, 5.41) is 15.7. The molecule has 0 radical (unpaired) electrons. The molecule has 0 saturated heterocycles. The van der Waals surface area contributed by atoms with Gasteiger partial charge in [-0.05, 0) is 38.2 Å². The summed E-state index contributed by atoms with van der Waals surface area (Å²) in [7, 11) is 1.97. The van der Waals surface area contributed by atoms with Crippen LogP contribution in [0, 0.1) is 0 Å². The number of aliphatic hydroxyl groups excluding tert-OH is 1. The Balaban J connectivity index is 2.31. The Hall–Kier alpha value is -2.06. The molecule has 2 rings (SSSR count). The third-order valence-corrected chi connectivity index (χ3v) is 4.15. The molecule has 0 aliphatic carbocycles. The van der Waals surface area contributed by atoms with Crippen molar-refractivity contribution in [1.29, 1.82) is 0 Å². The molecular weight excluding hydrogens is 359 g/mol. The second-order valence-electron chi connectivity index (χ2n) is 6.53. The molecule has 2 N–H and O–H groups in total. The van der Waals surface area contributed by atoms with Crippen molar-refractivity contribution >= 4 is 0 Å². The van der Waals surface area contributed by atoms with Crippen molar-refractivity contribution in [3.63, 3.8) is 0 Å². The first-order valence-electron chi connectivity index (χ1n) is 9.02. The number of hydrogen-bond donors (Lipinski definition) is 2. The SMILES string of the molecule is CCCCN(C)Cc1cn[nH]c1-c1cc(OCCCO)cc(C(F)(F)F)c1. The number of aliphatic hydroxyl groups is 1. The molecule has 0 spiro atoms. The van der Waals surface area contributed by atoms with E-state index in [-0.39, 0.29) is 19.0 Å². The monoisotopic (exact) mass is 385 g/mol. The maximum atomic E-state index is 13.3. The average molecular weight is 385 g/mol. The van der Waals surface area contributed by atoms with Gasteiger partial charge >= 0.3 is 6.18 Å². The van der Waals surface area contributed by atoms with E-state index in [2.05, 4.69) is 22.0 Å². The molecule has 1 heterocycles. The number of rotatable bonds is 10. The van der Waals surface area contributed by atoms with Crippen LogP contribution in [0.3, 0.4) is 0 Å². The van der Waals surface area contributed by atoms with E-state index in [4.69, 9.17) is 9.84 Å². The molecule has 1 aromatic carbocycles. The molecule has 0 fully saturated rings. The fraction of sp³-hybridized carbons (Fsp3) is 0.526. The zero-order valence-electron chi connectivity index (χ0n) is 15.6. The number of aromatic nitrogens is 2. The van der Waals surface area contributed by atoms with Crippen molar-refractivity contribution in [3.05, 3.63) is 35.5 Å². The van der Waals surface area contributed by atoms with Crippen molar-refractivity contribution in [1.82, 2.24) is 15.1 Å². The molecule has 1 aromatic heterocycles. The molecular formula is C19H26F3N3O2. The first-order chi connectivity index (χ1) is 12.8. The fourth-order valence-corrected chi connectivity index (χ4v) is 2.72. The van der Waals surface area contributed by atoms with Gasteiger partial charge in [0, 0.05) is 30.7 Å². The predicted octanol–water partition coefficient (Wildman–Crippen LogP) is 4.09. The smallest absolute Gasteiger partial charge is 0.416 e. The number of alkyl halides is 3. The van der Waals surface area contributed by atoms with Crippen molar-refractivity contribution < 1.29 is 23.0 Å². The van der Waals surface area contributed by atoms with Gasteiger partial charge in [0.1, 0.15) is 5.75 Å². The van der Waals surface area contributed by atoms with E-state index in [9.17, 15) is 13.2 Å². The molecule has 27 heavy (non-hydrogen) atoms. The highest BCUT2D eigenvalue weighted by molar-refractivity contribution is 5.65. The second kappa shape index (κ2) is 9.75. The minimum Gasteiger partial charge on any atom is -0.493 e. The first-order valence-corrected chi connectivity index (χ1v) is 9.02. The number of aromatic amines is 1. The van der Waals surface area contributed by atoms with Crippen LogP contribution in [0.15, 0.2) is 24.4 Å². The van der Waals surface area contributed by atoms with Crippen LogP contribution in [-0.4, -0.2) is 47.0 Å². The van der Waals surface area contributed by atoms with Gasteiger partial charge in [0.05, 0.1) is 24.1 Å². The third-order valence-electron chi connectivity index (χ3n) is 4.15. The fourth-order valence-electron chi connectivity index (χ4n) is 2.72. The lowest BCUT2D eigenvalue weighted by molar-refractivity contribution is -0.137. The molecule has 150 valence electrons. The number of H-pyrrole nitrogens is 1. The van der Waals surface area contributed by atoms with E-state index in [1.54, 1.807) is 12.3 Å². The van der Waals surface area contributed by atoms with Gasteiger partial charge < -0.3 is 14.7 Å². The maximum absolute atomic E-state index is 13.3. The molecule has 0 amide bonds. The van der Waals surface area contributed by atoms with Crippen molar-refractivity contribution in [3.8, 4) is 17.0 Å². The van der Waals surface area contributed by atoms with E-state index in [0.717, 1.165) is 37.1 Å². The highest BCUT2D eigenvalue weighted by Crippen LogP contribution is 2.36. The van der Waals surface area contributed by atoms with Gasteiger partial charge in [0.15, 0.2) is 0 Å². The summed E-state index contributed by atoms with van der Waals surface area (Å²) in [5.41, 5.74) is 0.977. The van der Waals surface area contributed by atoms with Crippen LogP contribution in [-0.2, 0) is 12.7 Å². The standard InChI is InChI=1S/C19H26F3N3O2/c1-3-4-6-25(2)13-15-12-23-24-18(15)14-9-16(19(20,21)22)11-17(10-14)27-8-5-7-26/h9-12,26H,3-8,13H2,1-2H3,(H,23,24). The number of unbranched alkanes of at least 4 members (excludes halogenated alkanes) is 1. The summed E-state index contributed by atoms with van der Waals surface area (Å²) >= 11 is 0. The Kier molecular flexibility index (Phi) is 7.67. The summed E-state index contributed by atoms with van der Waals surface area (Å²) in [6.07, 6.45) is -0.364. The normalized spacial score (nSPS) is 12.0. The average Bonchev–Trinajstić information content (AvgIpc) is 3.07. The molecule has 0 saturated carbocycles. The van der Waals surface area contributed by atoms with Gasteiger partial charge in [-0.1, -0.05) is 13.3 Å². The van der Waals surface area contributed by atoms with Crippen LogP contribution in [0.4, 0.5) is 13.2 Å². The summed E-state index contributed by atoms with van der Waals surface area (Å²) in [5.74, 6) is 0.119. The summed E-state index contributed by atoms with van der Waals surface area (Å²) in [6.45, 7) is 3.66. The van der Waals surface area contributed by atoms with Gasteiger partial charge in [-0.25, -0.2) is 0 Å². The van der Waals surface area contributed by atoms with E-state index >= 15 is 0 Å². The van der Waals surface area contributed by atoms with E-state index in [1.807, 2.05) is 7.05 Å². The van der Waals surface area contributed by atoms with Gasteiger partial charge in [-0.15, -0.1) is 0 Å². The number of ether oxygens (including phenoxy) is 1. The van der Waals surface area contributed by atoms with Crippen LogP contribution in [0.25, 0.3) is 11.3 Å². The lowest BCUT2D eigenvalue weighted by atomic mass is 10.0. The predicted molar refractivity (Wildman–Crippen MR) is 97.5 cm³/mol. The summed E-state index contributed by atoms with van der Waals surface area (Å²) in [6, 6.07) is 3.64. The Bertz CT molecular complexity index is 716. The number of hydrogen-bond acceptors (Lipinski definition) is 4. The van der Waals surface area contributed by atoms with Gasteiger partial charge in [0.25, 0.3) is 0 Å². The first kappa shape index (κ1) is 21.2. The molecule has 5 nitrogen and oxygen atoms in total. The Morgan fingerprint density at radius 1 is 1.22 bits per heavy atom. The zero-order valence-corrected chi connectivity index (χ0v) is 15.6. The van der Waals surface area contributed by atoms with Crippen LogP contribution in [0.2, 0.25) is 0 Å². The molecule has 0 aliphatic heterocycles.